The number of nitrogens with zero attached hydrogens (tertiary/aromatic N) is 2. The van der Waals surface area contributed by atoms with E-state index in [1.807, 2.05) is 34.6 Å². The molecule has 1 aromatic rings. The Morgan fingerprint density at radius 1 is 1.38 bits per heavy atom. The molecule has 0 atom stereocenters. The Morgan fingerprint density at radius 3 is 2.43 bits per heavy atom. The van der Waals surface area contributed by atoms with Gasteiger partial charge in [0.05, 0.1) is 11.4 Å². The maximum absolute atomic E-state index is 12.9. The van der Waals surface area contributed by atoms with Crippen molar-refractivity contribution in [3.63, 3.8) is 0 Å². The van der Waals surface area contributed by atoms with Crippen LogP contribution < -0.4 is 5.32 Å². The average Bonchev–Trinajstić information content (AvgIpc) is 2.77. The minimum atomic E-state index is -3.58. The predicted molar refractivity (Wildman–Crippen MR) is 84.6 cm³/mol. The van der Waals surface area contributed by atoms with Crippen LogP contribution in [-0.4, -0.2) is 41.5 Å². The molecule has 0 aliphatic heterocycles. The van der Waals surface area contributed by atoms with Crippen molar-refractivity contribution in [2.24, 2.45) is 0 Å². The second-order valence-electron chi connectivity index (χ2n) is 6.30. The standard InChI is InChI=1S/C14H28N4O2S/c1-8-14(5,6)18(7)21(19,20)13-11(4)16-17-12(13)9-15-10(2)3/h10,15H,8-9H2,1-7H3,(H,16,17). The molecule has 122 valence electrons. The van der Waals surface area contributed by atoms with Crippen LogP contribution in [0.3, 0.4) is 0 Å². The number of nitrogens with one attached hydrogen (secondary N) is 2. The first-order valence-electron chi connectivity index (χ1n) is 7.30. The highest BCUT2D eigenvalue weighted by Crippen LogP contribution is 2.28. The number of aryl methyl sites for hydroxylation is 1. The summed E-state index contributed by atoms with van der Waals surface area (Å²) < 4.78 is 27.3. The lowest BCUT2D eigenvalue weighted by atomic mass is 10.0. The van der Waals surface area contributed by atoms with Gasteiger partial charge in [-0.3, -0.25) is 5.10 Å². The molecule has 6 nitrogen and oxygen atoms in total. The third kappa shape index (κ3) is 3.84. The normalized spacial score (nSPS) is 13.4. The Morgan fingerprint density at radius 2 is 1.95 bits per heavy atom. The summed E-state index contributed by atoms with van der Waals surface area (Å²) in [6.45, 7) is 12.0. The van der Waals surface area contributed by atoms with Crippen molar-refractivity contribution in [3.8, 4) is 0 Å². The van der Waals surface area contributed by atoms with Gasteiger partial charge < -0.3 is 5.32 Å². The summed E-state index contributed by atoms with van der Waals surface area (Å²) >= 11 is 0. The Hall–Kier alpha value is -0.920. The van der Waals surface area contributed by atoms with E-state index in [0.717, 1.165) is 6.42 Å². The molecule has 0 spiro atoms. The molecular weight excluding hydrogens is 288 g/mol. The van der Waals surface area contributed by atoms with E-state index in [-0.39, 0.29) is 6.04 Å². The molecular formula is C14H28N4O2S. The number of rotatable bonds is 7. The molecule has 1 heterocycles. The lowest BCUT2D eigenvalue weighted by Crippen LogP contribution is -2.44. The van der Waals surface area contributed by atoms with Crippen molar-refractivity contribution in [1.29, 1.82) is 0 Å². The van der Waals surface area contributed by atoms with E-state index < -0.39 is 15.6 Å². The number of hydrogen-bond donors (Lipinski definition) is 2. The fraction of sp³-hybridized carbons (Fsp3) is 0.786. The molecule has 0 aliphatic carbocycles. The van der Waals surface area contributed by atoms with Gasteiger partial charge >= 0.3 is 0 Å². The summed E-state index contributed by atoms with van der Waals surface area (Å²) in [7, 11) is -1.95. The molecule has 0 bridgehead atoms. The van der Waals surface area contributed by atoms with Crippen LogP contribution in [0.5, 0.6) is 0 Å². The van der Waals surface area contributed by atoms with Crippen LogP contribution >= 0.6 is 0 Å². The van der Waals surface area contributed by atoms with Gasteiger partial charge in [0.25, 0.3) is 0 Å². The van der Waals surface area contributed by atoms with E-state index in [4.69, 9.17) is 0 Å². The Balaban J connectivity index is 3.23. The Labute approximate surface area is 128 Å². The summed E-state index contributed by atoms with van der Waals surface area (Å²) in [6.07, 6.45) is 0.735. The zero-order valence-electron chi connectivity index (χ0n) is 14.1. The molecule has 1 rings (SSSR count). The molecule has 21 heavy (non-hydrogen) atoms. The maximum atomic E-state index is 12.9. The third-order valence-corrected chi connectivity index (χ3v) is 6.25. The van der Waals surface area contributed by atoms with Crippen LogP contribution in [0.15, 0.2) is 4.90 Å². The first-order chi connectivity index (χ1) is 9.54. The number of sulfonamides is 1. The largest absolute Gasteiger partial charge is 0.309 e. The van der Waals surface area contributed by atoms with Crippen LogP contribution in [0.2, 0.25) is 0 Å². The molecule has 1 aromatic heterocycles. The lowest BCUT2D eigenvalue weighted by molar-refractivity contribution is 0.257. The van der Waals surface area contributed by atoms with Crippen molar-refractivity contribution in [1.82, 2.24) is 19.8 Å². The van der Waals surface area contributed by atoms with Crippen molar-refractivity contribution < 1.29 is 8.42 Å². The van der Waals surface area contributed by atoms with Gasteiger partial charge in [0.1, 0.15) is 4.90 Å². The van der Waals surface area contributed by atoms with Gasteiger partial charge in [-0.1, -0.05) is 20.8 Å². The smallest absolute Gasteiger partial charge is 0.247 e. The summed E-state index contributed by atoms with van der Waals surface area (Å²) in [4.78, 5) is 0.291. The van der Waals surface area contributed by atoms with Gasteiger partial charge in [-0.2, -0.15) is 9.40 Å². The van der Waals surface area contributed by atoms with Crippen LogP contribution in [-0.2, 0) is 16.6 Å². The maximum Gasteiger partial charge on any atom is 0.247 e. The van der Waals surface area contributed by atoms with Gasteiger partial charge in [0, 0.05) is 25.2 Å². The van der Waals surface area contributed by atoms with Gasteiger partial charge in [-0.25, -0.2) is 8.42 Å². The van der Waals surface area contributed by atoms with E-state index in [1.165, 1.54) is 4.31 Å². The Kier molecular flexibility index (Phi) is 5.57. The van der Waals surface area contributed by atoms with Gasteiger partial charge in [0.2, 0.25) is 10.0 Å². The quantitative estimate of drug-likeness (QED) is 0.807. The molecule has 0 aliphatic rings. The number of aromatic amines is 1. The molecule has 0 aromatic carbocycles. The number of H-pyrrole nitrogens is 1. The molecule has 0 radical (unpaired) electrons. The van der Waals surface area contributed by atoms with Crippen LogP contribution in [0, 0.1) is 6.92 Å². The first kappa shape index (κ1) is 18.1. The minimum Gasteiger partial charge on any atom is -0.309 e. The summed E-state index contributed by atoms with van der Waals surface area (Å²) in [5, 5.41) is 10.2. The molecule has 0 saturated heterocycles. The second-order valence-corrected chi connectivity index (χ2v) is 8.20. The lowest BCUT2D eigenvalue weighted by Gasteiger charge is -2.33. The van der Waals surface area contributed by atoms with E-state index in [0.29, 0.717) is 22.8 Å². The van der Waals surface area contributed by atoms with Crippen LogP contribution in [0.25, 0.3) is 0 Å². The van der Waals surface area contributed by atoms with Gasteiger partial charge in [0.15, 0.2) is 0 Å². The zero-order chi connectivity index (χ0) is 16.4. The predicted octanol–water partition coefficient (Wildman–Crippen LogP) is 2.03. The molecule has 0 unspecified atom stereocenters. The minimum absolute atomic E-state index is 0.266. The monoisotopic (exact) mass is 316 g/mol. The summed E-state index contributed by atoms with van der Waals surface area (Å²) in [5.41, 5.74) is 0.680. The zero-order valence-corrected chi connectivity index (χ0v) is 14.9. The highest BCUT2D eigenvalue weighted by Gasteiger charge is 2.36. The third-order valence-electron chi connectivity index (χ3n) is 3.98. The Bertz CT molecular complexity index is 576. The number of hydrogen-bond acceptors (Lipinski definition) is 4. The molecule has 7 heteroatoms. The SMILES string of the molecule is CCC(C)(C)N(C)S(=O)(=O)c1c(CNC(C)C)n[nH]c1C. The van der Waals surface area contributed by atoms with Gasteiger partial charge in [-0.15, -0.1) is 0 Å². The van der Waals surface area contributed by atoms with E-state index in [9.17, 15) is 8.42 Å². The fourth-order valence-corrected chi connectivity index (χ4v) is 3.82. The van der Waals surface area contributed by atoms with E-state index in [2.05, 4.69) is 15.5 Å². The molecule has 0 fully saturated rings. The van der Waals surface area contributed by atoms with E-state index in [1.54, 1.807) is 14.0 Å². The topological polar surface area (TPSA) is 78.1 Å². The van der Waals surface area contributed by atoms with Gasteiger partial charge in [-0.05, 0) is 27.2 Å². The molecule has 0 saturated carbocycles. The average molecular weight is 316 g/mol. The van der Waals surface area contributed by atoms with Crippen molar-refractivity contribution >= 4 is 10.0 Å². The highest BCUT2D eigenvalue weighted by atomic mass is 32.2. The molecule has 0 amide bonds. The van der Waals surface area contributed by atoms with Crippen molar-refractivity contribution in [2.75, 3.05) is 7.05 Å². The number of aromatic nitrogens is 2. The van der Waals surface area contributed by atoms with E-state index >= 15 is 0 Å². The first-order valence-corrected chi connectivity index (χ1v) is 8.74. The fourth-order valence-electron chi connectivity index (χ4n) is 1.92. The highest BCUT2D eigenvalue weighted by molar-refractivity contribution is 7.89. The summed E-state index contributed by atoms with van der Waals surface area (Å²) in [5.74, 6) is 0. The van der Waals surface area contributed by atoms with Crippen molar-refractivity contribution in [3.05, 3.63) is 11.4 Å². The second kappa shape index (κ2) is 6.46. The van der Waals surface area contributed by atoms with Crippen LogP contribution in [0.4, 0.5) is 0 Å². The molecule has 2 N–H and O–H groups in total. The van der Waals surface area contributed by atoms with Crippen LogP contribution in [0.1, 0.15) is 52.4 Å². The van der Waals surface area contributed by atoms with Crippen molar-refractivity contribution in [2.45, 2.75) is 71.0 Å². The summed E-state index contributed by atoms with van der Waals surface area (Å²) in [6, 6.07) is 0.266.